The van der Waals surface area contributed by atoms with Gasteiger partial charge in [0.15, 0.2) is 12.6 Å². The number of aliphatic hydroxyl groups is 7. The number of hydrogen-bond acceptors (Lipinski definition) is 10. The van der Waals surface area contributed by atoms with Crippen LogP contribution >= 0.6 is 0 Å². The van der Waals surface area contributed by atoms with E-state index in [1.54, 1.807) is 0 Å². The Morgan fingerprint density at radius 3 is 2.19 bits per heavy atom. The van der Waals surface area contributed by atoms with Crippen molar-refractivity contribution in [3.05, 3.63) is 0 Å². The van der Waals surface area contributed by atoms with E-state index < -0.39 is 61.9 Å². The van der Waals surface area contributed by atoms with Crippen molar-refractivity contribution in [3.63, 3.8) is 0 Å². The Morgan fingerprint density at radius 1 is 0.905 bits per heavy atom. The fourth-order valence-electron chi connectivity index (χ4n) is 2.27. The van der Waals surface area contributed by atoms with Gasteiger partial charge in [0.05, 0.1) is 13.2 Å². The van der Waals surface area contributed by atoms with Gasteiger partial charge < -0.3 is 50.0 Å². The van der Waals surface area contributed by atoms with Crippen LogP contribution in [0.5, 0.6) is 0 Å². The summed E-state index contributed by atoms with van der Waals surface area (Å²) in [6, 6.07) is 0. The van der Waals surface area contributed by atoms with E-state index in [0.717, 1.165) is 0 Å². The fraction of sp³-hybridized carbons (Fsp3) is 1.00. The molecule has 2 heterocycles. The first-order valence-electron chi connectivity index (χ1n) is 6.48. The topological polar surface area (TPSA) is 169 Å². The molecular weight excluding hydrogens is 292 g/mol. The van der Waals surface area contributed by atoms with Crippen LogP contribution in [0.2, 0.25) is 0 Å². The lowest BCUT2D eigenvalue weighted by atomic mass is 9.98. The third kappa shape index (κ3) is 3.35. The highest BCUT2D eigenvalue weighted by Crippen LogP contribution is 2.26. The monoisotopic (exact) mass is 312 g/mol. The van der Waals surface area contributed by atoms with E-state index in [0.29, 0.717) is 0 Å². The van der Waals surface area contributed by atoms with Crippen LogP contribution in [0, 0.1) is 0 Å². The lowest BCUT2D eigenvalue weighted by Gasteiger charge is -2.43. The minimum atomic E-state index is -1.68. The molecule has 0 saturated carbocycles. The van der Waals surface area contributed by atoms with E-state index >= 15 is 0 Å². The van der Waals surface area contributed by atoms with Gasteiger partial charge in [-0.2, -0.15) is 0 Å². The molecule has 10 heteroatoms. The first kappa shape index (κ1) is 17.0. The molecule has 2 saturated heterocycles. The molecule has 2 aliphatic rings. The van der Waals surface area contributed by atoms with Gasteiger partial charge in [-0.15, -0.1) is 0 Å². The largest absolute Gasteiger partial charge is 0.394 e. The van der Waals surface area contributed by atoms with E-state index in [-0.39, 0.29) is 6.61 Å². The van der Waals surface area contributed by atoms with Crippen molar-refractivity contribution < 1.29 is 50.0 Å². The predicted octanol–water partition coefficient (Wildman–Crippen LogP) is -4.76. The Hall–Kier alpha value is -0.400. The third-order valence-corrected chi connectivity index (χ3v) is 3.59. The van der Waals surface area contributed by atoms with Crippen molar-refractivity contribution in [2.75, 3.05) is 13.2 Å². The summed E-state index contributed by atoms with van der Waals surface area (Å²) < 4.78 is 15.0. The molecule has 0 aromatic heterocycles. The third-order valence-electron chi connectivity index (χ3n) is 3.59. The molecule has 0 amide bonds. The van der Waals surface area contributed by atoms with Crippen LogP contribution in [0.25, 0.3) is 0 Å². The molecule has 9 atom stereocenters. The molecule has 7 N–H and O–H groups in total. The fourth-order valence-corrected chi connectivity index (χ4v) is 2.27. The van der Waals surface area contributed by atoms with Gasteiger partial charge in [0, 0.05) is 0 Å². The average Bonchev–Trinajstić information content (AvgIpc) is 2.47. The standard InChI is InChI=1S/C11H20O10/c12-1-4-6(15)7(16)9(10(18)20-4)21-11-8(17)5(14)3(13)2-19-11/h3-18H,1-2H2. The minimum absolute atomic E-state index is 0.315. The van der Waals surface area contributed by atoms with Crippen molar-refractivity contribution in [1.82, 2.24) is 0 Å². The van der Waals surface area contributed by atoms with E-state index in [1.807, 2.05) is 0 Å². The number of rotatable bonds is 3. The van der Waals surface area contributed by atoms with Gasteiger partial charge in [-0.25, -0.2) is 0 Å². The quantitative estimate of drug-likeness (QED) is 0.268. The molecule has 2 aliphatic heterocycles. The molecule has 2 rings (SSSR count). The second-order valence-corrected chi connectivity index (χ2v) is 5.08. The molecule has 10 nitrogen and oxygen atoms in total. The lowest BCUT2D eigenvalue weighted by molar-refractivity contribution is -0.349. The highest BCUT2D eigenvalue weighted by Gasteiger charge is 2.48. The summed E-state index contributed by atoms with van der Waals surface area (Å²) >= 11 is 0. The average molecular weight is 312 g/mol. The zero-order valence-corrected chi connectivity index (χ0v) is 11.0. The van der Waals surface area contributed by atoms with Crippen LogP contribution < -0.4 is 0 Å². The summed E-state index contributed by atoms with van der Waals surface area (Å²) in [6.45, 7) is -0.931. The van der Waals surface area contributed by atoms with Gasteiger partial charge in [0.2, 0.25) is 0 Å². The van der Waals surface area contributed by atoms with Crippen molar-refractivity contribution in [1.29, 1.82) is 0 Å². The summed E-state index contributed by atoms with van der Waals surface area (Å²) in [5, 5.41) is 66.7. The lowest BCUT2D eigenvalue weighted by Crippen LogP contribution is -2.62. The van der Waals surface area contributed by atoms with Crippen molar-refractivity contribution in [2.24, 2.45) is 0 Å². The Bertz CT molecular complexity index is 341. The molecule has 0 aliphatic carbocycles. The Kier molecular flexibility index (Phi) is 5.48. The van der Waals surface area contributed by atoms with Gasteiger partial charge in [0.1, 0.15) is 42.7 Å². The highest BCUT2D eigenvalue weighted by atomic mass is 16.7. The molecule has 21 heavy (non-hydrogen) atoms. The van der Waals surface area contributed by atoms with E-state index in [4.69, 9.17) is 19.3 Å². The Morgan fingerprint density at radius 2 is 1.57 bits per heavy atom. The molecule has 9 unspecified atom stereocenters. The van der Waals surface area contributed by atoms with E-state index in [1.165, 1.54) is 0 Å². The Labute approximate surface area is 119 Å². The van der Waals surface area contributed by atoms with Crippen LogP contribution in [0.15, 0.2) is 0 Å². The molecular formula is C11H20O10. The number of ether oxygens (including phenoxy) is 3. The summed E-state index contributed by atoms with van der Waals surface area (Å²) in [5.74, 6) is 0. The molecule has 2 fully saturated rings. The van der Waals surface area contributed by atoms with Gasteiger partial charge in [0.25, 0.3) is 0 Å². The molecule has 0 aromatic rings. The zero-order valence-electron chi connectivity index (χ0n) is 11.0. The van der Waals surface area contributed by atoms with Crippen LogP contribution in [0.4, 0.5) is 0 Å². The predicted molar refractivity (Wildman–Crippen MR) is 62.6 cm³/mol. The smallest absolute Gasteiger partial charge is 0.186 e. The van der Waals surface area contributed by atoms with Crippen LogP contribution in [-0.4, -0.2) is 104 Å². The SMILES string of the molecule is OCC1OC(O)C(OC2OCC(O)C(O)C2O)C(O)C1O. The van der Waals surface area contributed by atoms with Crippen LogP contribution in [-0.2, 0) is 14.2 Å². The molecule has 0 aromatic carbocycles. The molecule has 0 spiro atoms. The van der Waals surface area contributed by atoms with Crippen LogP contribution in [0.3, 0.4) is 0 Å². The van der Waals surface area contributed by atoms with E-state index in [9.17, 15) is 30.6 Å². The minimum Gasteiger partial charge on any atom is -0.394 e. The Balaban J connectivity index is 2.01. The summed E-state index contributed by atoms with van der Waals surface area (Å²) in [6.07, 6.45) is -13.3. The van der Waals surface area contributed by atoms with Crippen LogP contribution in [0.1, 0.15) is 0 Å². The van der Waals surface area contributed by atoms with Crippen molar-refractivity contribution >= 4 is 0 Å². The summed E-state index contributed by atoms with van der Waals surface area (Å²) in [4.78, 5) is 0. The molecule has 0 bridgehead atoms. The summed E-state index contributed by atoms with van der Waals surface area (Å²) in [5.41, 5.74) is 0. The molecule has 0 radical (unpaired) electrons. The maximum absolute atomic E-state index is 9.87. The van der Waals surface area contributed by atoms with Crippen molar-refractivity contribution in [3.8, 4) is 0 Å². The second-order valence-electron chi connectivity index (χ2n) is 5.08. The van der Waals surface area contributed by atoms with E-state index in [2.05, 4.69) is 0 Å². The first-order valence-corrected chi connectivity index (χ1v) is 6.48. The molecule has 124 valence electrons. The number of hydrogen-bond donors (Lipinski definition) is 7. The number of aliphatic hydroxyl groups excluding tert-OH is 7. The zero-order chi connectivity index (χ0) is 15.7. The summed E-state index contributed by atoms with van der Waals surface area (Å²) in [7, 11) is 0. The normalized spacial score (nSPS) is 51.9. The highest BCUT2D eigenvalue weighted by molar-refractivity contribution is 4.91. The second kappa shape index (κ2) is 6.79. The first-order chi connectivity index (χ1) is 9.86. The van der Waals surface area contributed by atoms with Crippen molar-refractivity contribution in [2.45, 2.75) is 55.3 Å². The maximum Gasteiger partial charge on any atom is 0.186 e. The van der Waals surface area contributed by atoms with Gasteiger partial charge in [-0.1, -0.05) is 0 Å². The maximum atomic E-state index is 9.87. The van der Waals surface area contributed by atoms with Gasteiger partial charge >= 0.3 is 0 Å². The van der Waals surface area contributed by atoms with Gasteiger partial charge in [-0.3, -0.25) is 0 Å². The van der Waals surface area contributed by atoms with Gasteiger partial charge in [-0.05, 0) is 0 Å².